The number of carbonyl (C=O) groups excluding carboxylic acids is 2. The van der Waals surface area contributed by atoms with Crippen molar-refractivity contribution in [2.45, 2.75) is 17.2 Å². The second-order valence-electron chi connectivity index (χ2n) is 7.88. The number of amides is 2. The zero-order valence-corrected chi connectivity index (χ0v) is 21.5. The van der Waals surface area contributed by atoms with Crippen LogP contribution in [0.15, 0.2) is 72.2 Å². The largest absolute Gasteiger partial charge is 0.326 e. The first-order valence-electron chi connectivity index (χ1n) is 10.2. The Bertz CT molecular complexity index is 1370. The third kappa shape index (κ3) is 6.08. The Labute approximate surface area is 226 Å². The Balaban J connectivity index is 1.62. The van der Waals surface area contributed by atoms with Crippen LogP contribution in [0.1, 0.15) is 24.0 Å². The van der Waals surface area contributed by atoms with E-state index in [1.807, 2.05) is 0 Å². The summed E-state index contributed by atoms with van der Waals surface area (Å²) in [6, 6.07) is 10.0. The van der Waals surface area contributed by atoms with Gasteiger partial charge < -0.3 is 10.6 Å². The number of nitrogens with zero attached hydrogens (tertiary/aromatic N) is 1. The van der Waals surface area contributed by atoms with Crippen LogP contribution in [-0.4, -0.2) is 16.1 Å². The summed E-state index contributed by atoms with van der Waals surface area (Å²) >= 11 is 24.6. The quantitative estimate of drug-likeness (QED) is 0.214. The number of anilines is 1. The van der Waals surface area contributed by atoms with E-state index in [2.05, 4.69) is 17.2 Å². The van der Waals surface area contributed by atoms with E-state index in [0.717, 1.165) is 18.2 Å². The summed E-state index contributed by atoms with van der Waals surface area (Å²) in [5.74, 6) is -4.58. The maximum absolute atomic E-state index is 14.5. The number of hydrogen-bond acceptors (Lipinski definition) is 3. The molecule has 1 fully saturated rings. The average molecular weight is 571 g/mol. The molecule has 0 spiro atoms. The van der Waals surface area contributed by atoms with Gasteiger partial charge in [-0.15, -0.1) is 23.2 Å². The zero-order chi connectivity index (χ0) is 26.8. The summed E-state index contributed by atoms with van der Waals surface area (Å²) in [4.78, 5) is 24.9. The number of nitrogens with one attached hydrogen (secondary N) is 2. The molecule has 2 aromatic rings. The maximum atomic E-state index is 14.5. The first kappa shape index (κ1) is 27.7. The monoisotopic (exact) mass is 569 g/mol. The normalized spacial score (nSPS) is 18.7. The molecule has 11 heteroatoms. The van der Waals surface area contributed by atoms with Gasteiger partial charge in [0, 0.05) is 17.2 Å². The van der Waals surface area contributed by atoms with Gasteiger partial charge in [-0.1, -0.05) is 35.8 Å². The van der Waals surface area contributed by atoms with Gasteiger partial charge in [0.2, 0.25) is 5.91 Å². The van der Waals surface area contributed by atoms with E-state index >= 15 is 0 Å². The lowest BCUT2D eigenvalue weighted by molar-refractivity contribution is -0.121. The zero-order valence-electron chi connectivity index (χ0n) is 18.5. The molecule has 186 valence electrons. The molecule has 3 rings (SSSR count). The number of nitriles is 1. The lowest BCUT2D eigenvalue weighted by atomic mass is 10.1. The summed E-state index contributed by atoms with van der Waals surface area (Å²) in [7, 11) is 0. The van der Waals surface area contributed by atoms with E-state index in [9.17, 15) is 18.4 Å². The molecule has 2 atom stereocenters. The number of benzene rings is 2. The van der Waals surface area contributed by atoms with Crippen molar-refractivity contribution in [1.82, 2.24) is 5.32 Å². The summed E-state index contributed by atoms with van der Waals surface area (Å²) in [5.41, 5.74) is 0.160. The molecule has 36 heavy (non-hydrogen) atoms. The molecule has 1 saturated carbocycles. The topological polar surface area (TPSA) is 82.0 Å². The molecule has 1 aliphatic rings. The van der Waals surface area contributed by atoms with Crippen molar-refractivity contribution in [3.63, 3.8) is 0 Å². The highest BCUT2D eigenvalue weighted by Crippen LogP contribution is 2.65. The molecule has 0 radical (unpaired) electrons. The second-order valence-corrected chi connectivity index (χ2v) is 10.1. The summed E-state index contributed by atoms with van der Waals surface area (Å²) in [6.45, 7) is 4.83. The van der Waals surface area contributed by atoms with E-state index in [1.165, 1.54) is 19.1 Å². The number of rotatable bonds is 7. The van der Waals surface area contributed by atoms with Gasteiger partial charge in [-0.05, 0) is 55.0 Å². The third-order valence-corrected chi connectivity index (χ3v) is 7.08. The van der Waals surface area contributed by atoms with E-state index in [4.69, 9.17) is 51.7 Å². The van der Waals surface area contributed by atoms with Gasteiger partial charge in [-0.25, -0.2) is 8.78 Å². The van der Waals surface area contributed by atoms with E-state index in [-0.39, 0.29) is 22.5 Å². The number of hydrogen-bond donors (Lipinski definition) is 2. The Morgan fingerprint density at radius 2 is 1.83 bits per heavy atom. The Morgan fingerprint density at radius 1 is 1.14 bits per heavy atom. The maximum Gasteiger partial charge on any atom is 0.254 e. The van der Waals surface area contributed by atoms with Gasteiger partial charge in [0.1, 0.15) is 16.0 Å². The molecule has 0 saturated heterocycles. The van der Waals surface area contributed by atoms with Crippen molar-refractivity contribution in [3.05, 3.63) is 99.2 Å². The van der Waals surface area contributed by atoms with Gasteiger partial charge in [0.25, 0.3) is 5.91 Å². The lowest BCUT2D eigenvalue weighted by Crippen LogP contribution is -2.25. The van der Waals surface area contributed by atoms with Crippen LogP contribution in [0.3, 0.4) is 0 Å². The van der Waals surface area contributed by atoms with Crippen molar-refractivity contribution >= 4 is 63.9 Å². The summed E-state index contributed by atoms with van der Waals surface area (Å²) in [6.07, 6.45) is 2.07. The van der Waals surface area contributed by atoms with Gasteiger partial charge >= 0.3 is 0 Å². The Morgan fingerprint density at radius 3 is 2.44 bits per heavy atom. The predicted molar refractivity (Wildman–Crippen MR) is 137 cm³/mol. The van der Waals surface area contributed by atoms with Crippen molar-refractivity contribution in [2.75, 3.05) is 5.32 Å². The van der Waals surface area contributed by atoms with Crippen LogP contribution in [0.2, 0.25) is 10.0 Å². The molecule has 2 N–H and O–H groups in total. The van der Waals surface area contributed by atoms with Crippen LogP contribution < -0.4 is 10.6 Å². The molecular weight excluding hydrogens is 554 g/mol. The molecule has 2 aromatic carbocycles. The van der Waals surface area contributed by atoms with Crippen molar-refractivity contribution in [1.29, 1.82) is 5.26 Å². The number of alkyl halides is 2. The van der Waals surface area contributed by atoms with Crippen molar-refractivity contribution < 1.29 is 18.4 Å². The summed E-state index contributed by atoms with van der Waals surface area (Å²) < 4.78 is 27.1. The fourth-order valence-corrected chi connectivity index (χ4v) is 4.50. The van der Waals surface area contributed by atoms with Crippen LogP contribution in [0.25, 0.3) is 0 Å². The smallest absolute Gasteiger partial charge is 0.254 e. The molecule has 1 aliphatic carbocycles. The SMILES string of the molecule is C=C(/C=C\C(F)=C(/C)C(=O)Nc1ccc(C#N)cc1F)NC(=O)C1C(c2ccc(Cl)c(Cl)c2)C1(Cl)Cl. The highest BCUT2D eigenvalue weighted by molar-refractivity contribution is 6.53. The van der Waals surface area contributed by atoms with Crippen LogP contribution in [-0.2, 0) is 9.59 Å². The van der Waals surface area contributed by atoms with Crippen LogP contribution >= 0.6 is 46.4 Å². The molecule has 2 amide bonds. The molecule has 0 heterocycles. The third-order valence-electron chi connectivity index (χ3n) is 5.40. The fourth-order valence-electron chi connectivity index (χ4n) is 3.36. The molecule has 0 aliphatic heterocycles. The highest BCUT2D eigenvalue weighted by atomic mass is 35.5. The fraction of sp³-hybridized carbons (Fsp3) is 0.160. The molecule has 2 unspecified atom stereocenters. The van der Waals surface area contributed by atoms with Gasteiger partial charge in [0.05, 0.1) is 33.3 Å². The predicted octanol–water partition coefficient (Wildman–Crippen LogP) is 6.96. The van der Waals surface area contributed by atoms with E-state index in [1.54, 1.807) is 24.3 Å². The first-order valence-corrected chi connectivity index (χ1v) is 11.8. The first-order chi connectivity index (χ1) is 16.9. The van der Waals surface area contributed by atoms with E-state index < -0.39 is 39.6 Å². The van der Waals surface area contributed by atoms with Crippen LogP contribution in [0, 0.1) is 23.1 Å². The Kier molecular flexibility index (Phi) is 8.48. The van der Waals surface area contributed by atoms with Crippen LogP contribution in [0.4, 0.5) is 14.5 Å². The van der Waals surface area contributed by atoms with Gasteiger partial charge in [-0.3, -0.25) is 9.59 Å². The number of carbonyl (C=O) groups is 2. The Hall–Kier alpha value is -2.89. The molecule has 0 bridgehead atoms. The second kappa shape index (κ2) is 11.0. The van der Waals surface area contributed by atoms with Crippen molar-refractivity contribution in [3.8, 4) is 6.07 Å². The van der Waals surface area contributed by atoms with Crippen molar-refractivity contribution in [2.24, 2.45) is 5.92 Å². The molecule has 5 nitrogen and oxygen atoms in total. The van der Waals surface area contributed by atoms with Gasteiger partial charge in [0.15, 0.2) is 0 Å². The minimum Gasteiger partial charge on any atom is -0.326 e. The highest BCUT2D eigenvalue weighted by Gasteiger charge is 2.67. The standard InChI is InChI=1S/C25H17Cl4F2N3O2/c1-12(33-24(36)22-21(25(22,28)29)15-5-6-16(26)17(27)10-15)3-7-18(30)13(2)23(35)34-20-8-4-14(11-32)9-19(20)31/h3-10,21-22H,1H2,2H3,(H,33,36)(H,34,35)/b7-3-,18-13-. The minimum atomic E-state index is -1.38. The molecular formula is C25H17Cl4F2N3O2. The lowest BCUT2D eigenvalue weighted by Gasteiger charge is -2.07. The average Bonchev–Trinajstić information content (AvgIpc) is 3.41. The molecule has 0 aromatic heterocycles. The van der Waals surface area contributed by atoms with E-state index in [0.29, 0.717) is 15.6 Å². The number of allylic oxidation sites excluding steroid dienone is 3. The number of halogens is 6. The van der Waals surface area contributed by atoms with Gasteiger partial charge in [-0.2, -0.15) is 5.26 Å². The summed E-state index contributed by atoms with van der Waals surface area (Å²) in [5, 5.41) is 14.1. The minimum absolute atomic E-state index is 0.0189. The van der Waals surface area contributed by atoms with Crippen LogP contribution in [0.5, 0.6) is 0 Å².